The van der Waals surface area contributed by atoms with Crippen molar-refractivity contribution in [3.05, 3.63) is 0 Å². The number of hydrogen-bond acceptors (Lipinski definition) is 2. The fourth-order valence-electron chi connectivity index (χ4n) is 0. The maximum absolute atomic E-state index is 8.89. The summed E-state index contributed by atoms with van der Waals surface area (Å²) in [6.45, 7) is 0.972. The first-order valence-electron chi connectivity index (χ1n) is 0.908. The molecule has 0 heterocycles. The van der Waals surface area contributed by atoms with Crippen molar-refractivity contribution < 1.29 is 69.5 Å². The van der Waals surface area contributed by atoms with E-state index in [1.165, 1.54) is 0 Å². The number of carbonyl (C=O) groups is 1. The summed E-state index contributed by atoms with van der Waals surface area (Å²) in [7, 11) is 0. The van der Waals surface area contributed by atoms with Crippen molar-refractivity contribution in [2.24, 2.45) is 0 Å². The van der Waals surface area contributed by atoms with E-state index >= 15 is 0 Å². The van der Waals surface area contributed by atoms with E-state index in [1.807, 2.05) is 0 Å². The van der Waals surface area contributed by atoms with Crippen LogP contribution in [0.3, 0.4) is 0 Å². The molecule has 0 atom stereocenters. The summed E-state index contributed by atoms with van der Waals surface area (Å²) < 4.78 is 0. The summed E-state index contributed by atoms with van der Waals surface area (Å²) in [6, 6.07) is 0. The van der Waals surface area contributed by atoms with Gasteiger partial charge < -0.3 is 31.8 Å². The Morgan fingerprint density at radius 3 is 1.11 bits per heavy atom. The van der Waals surface area contributed by atoms with E-state index in [9.17, 15) is 0 Å². The maximum atomic E-state index is 8.89. The summed E-state index contributed by atoms with van der Waals surface area (Å²) in [4.78, 5) is 8.89. The first kappa shape index (κ1) is 55.2. The van der Waals surface area contributed by atoms with Crippen LogP contribution in [0.25, 0.3) is 0 Å². The van der Waals surface area contributed by atoms with Gasteiger partial charge in [0, 0.05) is 5.97 Å². The van der Waals surface area contributed by atoms with Crippen molar-refractivity contribution in [1.29, 1.82) is 0 Å². The molecule has 7 heteroatoms. The smallest absolute Gasteiger partial charge is 0.550 e. The normalized spacial score (nSPS) is 2.78. The summed E-state index contributed by atoms with van der Waals surface area (Å²) in [5, 5.41) is 8.89. The van der Waals surface area contributed by atoms with Crippen LogP contribution in [-0.4, -0.2) is 27.9 Å². The van der Waals surface area contributed by atoms with Crippen LogP contribution in [0.5, 0.6) is 0 Å². The Bertz CT molecular complexity index is 34.0. The molecule has 0 rings (SSSR count). The Morgan fingerprint density at radius 1 is 1.11 bits per heavy atom. The van der Waals surface area contributed by atoms with E-state index in [0.717, 1.165) is 6.92 Å². The molecule has 8 N–H and O–H groups in total. The number of carboxylic acids is 1. The maximum Gasteiger partial charge on any atom is 3.00 e. The van der Waals surface area contributed by atoms with Gasteiger partial charge in [-0.1, -0.05) is 0 Å². The SMILES string of the molecule is CC(=O)[O-].O.O.O.O.[Ho+3]. The van der Waals surface area contributed by atoms with Crippen LogP contribution in [0.1, 0.15) is 6.92 Å². The van der Waals surface area contributed by atoms with Crippen molar-refractivity contribution in [3.8, 4) is 0 Å². The van der Waals surface area contributed by atoms with Gasteiger partial charge in [-0.2, -0.15) is 0 Å². The quantitative estimate of drug-likeness (QED) is 0.411. The van der Waals surface area contributed by atoms with E-state index < -0.39 is 5.97 Å². The van der Waals surface area contributed by atoms with Crippen molar-refractivity contribution >= 4 is 5.97 Å². The predicted octanol–water partition coefficient (Wildman–Crippen LogP) is -4.54. The van der Waals surface area contributed by atoms with Gasteiger partial charge in [0.2, 0.25) is 0 Å². The van der Waals surface area contributed by atoms with E-state index in [-0.39, 0.29) is 59.6 Å². The Kier molecular flexibility index (Phi) is 236. The third kappa shape index (κ3) is 1140. The molecule has 0 fully saturated rings. The first-order valence-corrected chi connectivity index (χ1v) is 0.908. The molecule has 0 saturated heterocycles. The minimum absolute atomic E-state index is 0. The van der Waals surface area contributed by atoms with Crippen molar-refractivity contribution in [1.82, 2.24) is 0 Å². The van der Waals surface area contributed by atoms with Crippen LogP contribution >= 0.6 is 0 Å². The molecular formula is C2H11HoO6+2. The zero-order chi connectivity index (χ0) is 3.58. The van der Waals surface area contributed by atoms with Gasteiger partial charge in [-0.15, -0.1) is 0 Å². The third-order valence-corrected chi connectivity index (χ3v) is 0. The fourth-order valence-corrected chi connectivity index (χ4v) is 0. The molecule has 64 valence electrons. The van der Waals surface area contributed by atoms with Gasteiger partial charge >= 0.3 is 37.7 Å². The standard InChI is InChI=1S/C2H4O2.Ho.4H2O/c1-2(3)4;;;;;/h1H3,(H,3,4);;4*1H2/q;+3;;;;/p-1. The minimum atomic E-state index is -1.08. The van der Waals surface area contributed by atoms with Crippen LogP contribution in [0, 0.1) is 37.7 Å². The monoisotopic (exact) mass is 296 g/mol. The molecular weight excluding hydrogens is 285 g/mol. The fraction of sp³-hybridized carbons (Fsp3) is 0.500. The molecule has 0 radical (unpaired) electrons. The Labute approximate surface area is 82.1 Å². The minimum Gasteiger partial charge on any atom is -0.550 e. The molecule has 0 aliphatic carbocycles. The third-order valence-electron chi connectivity index (χ3n) is 0. The molecule has 6 nitrogen and oxygen atoms in total. The number of rotatable bonds is 0. The molecule has 0 aliphatic rings. The zero-order valence-electron chi connectivity index (χ0n) is 4.62. The van der Waals surface area contributed by atoms with Crippen LogP contribution in [-0.2, 0) is 4.79 Å². The van der Waals surface area contributed by atoms with E-state index in [2.05, 4.69) is 0 Å². The second kappa shape index (κ2) is 38.5. The Hall–Kier alpha value is 0.570. The van der Waals surface area contributed by atoms with Gasteiger partial charge in [0.05, 0.1) is 0 Å². The van der Waals surface area contributed by atoms with Crippen molar-refractivity contribution in [3.63, 3.8) is 0 Å². The van der Waals surface area contributed by atoms with Gasteiger partial charge in [0.25, 0.3) is 0 Å². The van der Waals surface area contributed by atoms with E-state index in [4.69, 9.17) is 9.90 Å². The number of hydrogen-bond donors (Lipinski definition) is 0. The molecule has 0 aromatic carbocycles. The van der Waals surface area contributed by atoms with E-state index in [0.29, 0.717) is 0 Å². The number of aliphatic carboxylic acids is 1. The summed E-state index contributed by atoms with van der Waals surface area (Å²) >= 11 is 0. The molecule has 0 aliphatic heterocycles. The second-order valence-electron chi connectivity index (χ2n) is 0.492. The summed E-state index contributed by atoms with van der Waals surface area (Å²) in [5.41, 5.74) is 0. The van der Waals surface area contributed by atoms with E-state index in [1.54, 1.807) is 0 Å². The van der Waals surface area contributed by atoms with Crippen LogP contribution in [0.15, 0.2) is 0 Å². The summed E-state index contributed by atoms with van der Waals surface area (Å²) in [6.07, 6.45) is 0. The first-order chi connectivity index (χ1) is 1.73. The molecule has 0 spiro atoms. The van der Waals surface area contributed by atoms with Crippen LogP contribution in [0.2, 0.25) is 0 Å². The second-order valence-corrected chi connectivity index (χ2v) is 0.492. The Balaban J connectivity index is -0.00000000450. The number of carboxylic acid groups (broad SMARTS) is 1. The predicted molar refractivity (Wildman–Crippen MR) is 25.1 cm³/mol. The van der Waals surface area contributed by atoms with Gasteiger partial charge in [-0.25, -0.2) is 0 Å². The molecule has 0 unspecified atom stereocenters. The molecule has 0 bridgehead atoms. The van der Waals surface area contributed by atoms with Crippen LogP contribution < -0.4 is 5.11 Å². The molecule has 9 heavy (non-hydrogen) atoms. The largest absolute Gasteiger partial charge is 3.00 e. The molecule has 0 saturated carbocycles. The topological polar surface area (TPSA) is 166 Å². The van der Waals surface area contributed by atoms with Gasteiger partial charge in [0.1, 0.15) is 0 Å². The average Bonchev–Trinajstić information content (AvgIpc) is 0.811. The van der Waals surface area contributed by atoms with Gasteiger partial charge in [-0.05, 0) is 6.92 Å². The number of carbonyl (C=O) groups excluding carboxylic acids is 1. The summed E-state index contributed by atoms with van der Waals surface area (Å²) in [5.74, 6) is -1.08. The van der Waals surface area contributed by atoms with Gasteiger partial charge in [0.15, 0.2) is 0 Å². The van der Waals surface area contributed by atoms with Crippen LogP contribution in [0.4, 0.5) is 0 Å². The zero-order valence-corrected chi connectivity index (χ0v) is 6.55. The van der Waals surface area contributed by atoms with Crippen molar-refractivity contribution in [2.75, 3.05) is 0 Å². The Morgan fingerprint density at radius 2 is 1.11 bits per heavy atom. The molecule has 0 aromatic heterocycles. The van der Waals surface area contributed by atoms with Gasteiger partial charge in [-0.3, -0.25) is 0 Å². The van der Waals surface area contributed by atoms with Crippen molar-refractivity contribution in [2.45, 2.75) is 6.92 Å². The molecule has 0 aromatic rings. The average molecular weight is 296 g/mol. The molecule has 0 amide bonds.